The second-order valence-electron chi connectivity index (χ2n) is 6.28. The first-order valence-electron chi connectivity index (χ1n) is 7.84. The maximum Gasteiger partial charge on any atom is 0.223 e. The molecular weight excluding hydrogens is 262 g/mol. The first-order chi connectivity index (χ1) is 9.97. The van der Waals surface area contributed by atoms with E-state index in [-0.39, 0.29) is 11.8 Å². The largest absolute Gasteiger partial charge is 0.399 e. The van der Waals surface area contributed by atoms with Crippen molar-refractivity contribution in [3.05, 3.63) is 29.8 Å². The Hall–Kier alpha value is -1.55. The number of nitrogens with zero attached hydrogens (tertiary/aromatic N) is 2. The summed E-state index contributed by atoms with van der Waals surface area (Å²) in [6, 6.07) is 8.40. The lowest BCUT2D eigenvalue weighted by Gasteiger charge is -2.37. The van der Waals surface area contributed by atoms with Gasteiger partial charge in [-0.15, -0.1) is 0 Å². The van der Waals surface area contributed by atoms with Crippen LogP contribution in [-0.2, 0) is 4.79 Å². The summed E-state index contributed by atoms with van der Waals surface area (Å²) in [5.41, 5.74) is 7.65. The summed E-state index contributed by atoms with van der Waals surface area (Å²) in [6.07, 6.45) is 0.575. The molecule has 1 aliphatic heterocycles. The number of nitrogens with two attached hydrogens (primary N) is 1. The van der Waals surface area contributed by atoms with Crippen molar-refractivity contribution in [3.63, 3.8) is 0 Å². The van der Waals surface area contributed by atoms with Gasteiger partial charge in [-0.05, 0) is 37.5 Å². The maximum atomic E-state index is 12.4. The van der Waals surface area contributed by atoms with Gasteiger partial charge in [-0.25, -0.2) is 0 Å². The fourth-order valence-electron chi connectivity index (χ4n) is 2.82. The van der Waals surface area contributed by atoms with Crippen molar-refractivity contribution in [3.8, 4) is 0 Å². The molecule has 0 spiro atoms. The number of benzene rings is 1. The summed E-state index contributed by atoms with van der Waals surface area (Å²) in [4.78, 5) is 16.8. The molecule has 1 aliphatic rings. The molecule has 21 heavy (non-hydrogen) atoms. The van der Waals surface area contributed by atoms with Crippen LogP contribution in [0.1, 0.15) is 38.7 Å². The van der Waals surface area contributed by atoms with E-state index in [1.165, 1.54) is 5.56 Å². The van der Waals surface area contributed by atoms with Crippen LogP contribution in [0.2, 0.25) is 0 Å². The van der Waals surface area contributed by atoms with Gasteiger partial charge in [0.2, 0.25) is 5.91 Å². The molecule has 2 N–H and O–H groups in total. The molecule has 0 aliphatic carbocycles. The molecule has 116 valence electrons. The molecule has 0 saturated carbocycles. The Morgan fingerprint density at radius 1 is 1.10 bits per heavy atom. The van der Waals surface area contributed by atoms with Gasteiger partial charge in [-0.2, -0.15) is 0 Å². The van der Waals surface area contributed by atoms with E-state index in [1.54, 1.807) is 0 Å². The molecule has 4 nitrogen and oxygen atoms in total. The molecule has 1 unspecified atom stereocenters. The number of anilines is 1. The van der Waals surface area contributed by atoms with Crippen molar-refractivity contribution in [2.75, 3.05) is 31.9 Å². The zero-order chi connectivity index (χ0) is 15.4. The quantitative estimate of drug-likeness (QED) is 0.865. The molecule has 1 amide bonds. The zero-order valence-electron chi connectivity index (χ0n) is 13.4. The average molecular weight is 289 g/mol. The van der Waals surface area contributed by atoms with Crippen molar-refractivity contribution in [2.45, 2.75) is 39.2 Å². The number of hydrogen-bond donors (Lipinski definition) is 1. The highest BCUT2D eigenvalue weighted by Gasteiger charge is 2.23. The number of amides is 1. The molecule has 1 aromatic rings. The lowest BCUT2D eigenvalue weighted by Crippen LogP contribution is -2.50. The van der Waals surface area contributed by atoms with Crippen LogP contribution in [0.4, 0.5) is 5.69 Å². The smallest absolute Gasteiger partial charge is 0.223 e. The third-order valence-corrected chi connectivity index (χ3v) is 4.38. The third kappa shape index (κ3) is 4.21. The Bertz CT molecular complexity index is 461. The minimum absolute atomic E-state index is 0.237. The summed E-state index contributed by atoms with van der Waals surface area (Å²) >= 11 is 0. The Balaban J connectivity index is 1.86. The van der Waals surface area contributed by atoms with Gasteiger partial charge < -0.3 is 10.6 Å². The fraction of sp³-hybridized carbons (Fsp3) is 0.588. The van der Waals surface area contributed by atoms with Gasteiger partial charge in [0.15, 0.2) is 0 Å². The van der Waals surface area contributed by atoms with Gasteiger partial charge in [-0.1, -0.05) is 19.1 Å². The van der Waals surface area contributed by atoms with Crippen molar-refractivity contribution in [2.24, 2.45) is 0 Å². The van der Waals surface area contributed by atoms with E-state index in [0.717, 1.165) is 31.9 Å². The van der Waals surface area contributed by atoms with E-state index >= 15 is 0 Å². The van der Waals surface area contributed by atoms with Gasteiger partial charge in [-0.3, -0.25) is 9.69 Å². The van der Waals surface area contributed by atoms with Crippen molar-refractivity contribution in [1.82, 2.24) is 9.80 Å². The summed E-state index contributed by atoms with van der Waals surface area (Å²) in [6.45, 7) is 10.2. The molecular formula is C17H27N3O. The third-order valence-electron chi connectivity index (χ3n) is 4.38. The van der Waals surface area contributed by atoms with Gasteiger partial charge in [0.25, 0.3) is 0 Å². The summed E-state index contributed by atoms with van der Waals surface area (Å²) in [5.74, 6) is 0.504. The predicted octanol–water partition coefficient (Wildman–Crippen LogP) is 2.32. The topological polar surface area (TPSA) is 49.6 Å². The lowest BCUT2D eigenvalue weighted by molar-refractivity contribution is -0.133. The Labute approximate surface area is 127 Å². The second kappa shape index (κ2) is 6.94. The van der Waals surface area contributed by atoms with E-state index in [4.69, 9.17) is 5.73 Å². The van der Waals surface area contributed by atoms with E-state index in [9.17, 15) is 4.79 Å². The van der Waals surface area contributed by atoms with Gasteiger partial charge >= 0.3 is 0 Å². The highest BCUT2D eigenvalue weighted by atomic mass is 16.2. The summed E-state index contributed by atoms with van der Waals surface area (Å²) < 4.78 is 0. The van der Waals surface area contributed by atoms with E-state index < -0.39 is 0 Å². The fourth-order valence-corrected chi connectivity index (χ4v) is 2.82. The van der Waals surface area contributed by atoms with Gasteiger partial charge in [0.05, 0.1) is 0 Å². The van der Waals surface area contributed by atoms with E-state index in [0.29, 0.717) is 12.5 Å². The highest BCUT2D eigenvalue weighted by molar-refractivity contribution is 5.77. The van der Waals surface area contributed by atoms with E-state index in [1.807, 2.05) is 29.2 Å². The number of carbonyl (C=O) groups is 1. The van der Waals surface area contributed by atoms with Crippen molar-refractivity contribution in [1.29, 1.82) is 0 Å². The maximum absolute atomic E-state index is 12.4. The number of hydrogen-bond acceptors (Lipinski definition) is 3. The SMILES string of the molecule is CC(CC(=O)N1CCN(C(C)C)CC1)c1ccc(N)cc1. The molecule has 0 bridgehead atoms. The minimum atomic E-state index is 0.237. The number of nitrogen functional groups attached to an aromatic ring is 1. The Kier molecular flexibility index (Phi) is 5.23. The van der Waals surface area contributed by atoms with E-state index in [2.05, 4.69) is 25.7 Å². The lowest BCUT2D eigenvalue weighted by atomic mass is 9.97. The standard InChI is InChI=1S/C17H27N3O/c1-13(2)19-8-10-20(11-9-19)17(21)12-14(3)15-4-6-16(18)7-5-15/h4-7,13-14H,8-12,18H2,1-3H3. The number of piperazine rings is 1. The van der Waals surface area contributed by atoms with Crippen LogP contribution < -0.4 is 5.73 Å². The number of rotatable bonds is 4. The Morgan fingerprint density at radius 3 is 2.19 bits per heavy atom. The minimum Gasteiger partial charge on any atom is -0.399 e. The second-order valence-corrected chi connectivity index (χ2v) is 6.28. The molecule has 4 heteroatoms. The monoisotopic (exact) mass is 289 g/mol. The molecule has 0 radical (unpaired) electrons. The molecule has 1 fully saturated rings. The normalized spacial score (nSPS) is 18.0. The van der Waals surface area contributed by atoms with Crippen LogP contribution in [0.3, 0.4) is 0 Å². The number of carbonyl (C=O) groups excluding carboxylic acids is 1. The molecule has 1 heterocycles. The zero-order valence-corrected chi connectivity index (χ0v) is 13.4. The molecule has 1 aromatic carbocycles. The molecule has 1 atom stereocenters. The molecule has 2 rings (SSSR count). The average Bonchev–Trinajstić information content (AvgIpc) is 2.47. The van der Waals surface area contributed by atoms with Gasteiger partial charge in [0.1, 0.15) is 0 Å². The van der Waals surface area contributed by atoms with Crippen LogP contribution in [0.5, 0.6) is 0 Å². The summed E-state index contributed by atoms with van der Waals surface area (Å²) in [5, 5.41) is 0. The first-order valence-corrected chi connectivity index (χ1v) is 7.84. The van der Waals surface area contributed by atoms with Crippen molar-refractivity contribution < 1.29 is 4.79 Å². The van der Waals surface area contributed by atoms with Crippen LogP contribution in [0.15, 0.2) is 24.3 Å². The van der Waals surface area contributed by atoms with Crippen LogP contribution in [0.25, 0.3) is 0 Å². The molecule has 1 saturated heterocycles. The van der Waals surface area contributed by atoms with Gasteiger partial charge in [0, 0.05) is 44.3 Å². The van der Waals surface area contributed by atoms with Crippen LogP contribution in [-0.4, -0.2) is 47.9 Å². The first kappa shape index (κ1) is 15.8. The van der Waals surface area contributed by atoms with Crippen molar-refractivity contribution >= 4 is 11.6 Å². The molecule has 0 aromatic heterocycles. The van der Waals surface area contributed by atoms with Crippen LogP contribution in [0, 0.1) is 0 Å². The Morgan fingerprint density at radius 2 is 1.67 bits per heavy atom. The summed E-state index contributed by atoms with van der Waals surface area (Å²) in [7, 11) is 0. The predicted molar refractivity (Wildman–Crippen MR) is 87.2 cm³/mol. The highest BCUT2D eigenvalue weighted by Crippen LogP contribution is 2.21. The van der Waals surface area contributed by atoms with Crippen LogP contribution >= 0.6 is 0 Å².